The predicted molar refractivity (Wildman–Crippen MR) is 141 cm³/mol. The van der Waals surface area contributed by atoms with Crippen LogP contribution in [0.3, 0.4) is 0 Å². The zero-order valence-electron chi connectivity index (χ0n) is 19.2. The maximum absolute atomic E-state index is 11.8. The Morgan fingerprint density at radius 2 is 1.88 bits per heavy atom. The lowest BCUT2D eigenvalue weighted by atomic mass is 10.1. The molecule has 0 aliphatic carbocycles. The highest BCUT2D eigenvalue weighted by Gasteiger charge is 2.21. The van der Waals surface area contributed by atoms with E-state index in [9.17, 15) is 9.59 Å². The number of aromatic nitrogens is 1. The van der Waals surface area contributed by atoms with Crippen LogP contribution in [-0.4, -0.2) is 53.2 Å². The summed E-state index contributed by atoms with van der Waals surface area (Å²) < 4.78 is 5.21. The van der Waals surface area contributed by atoms with Crippen molar-refractivity contribution in [1.82, 2.24) is 15.6 Å². The number of carbonyl (C=O) groups is 2. The number of nitrogens with one attached hydrogen (secondary N) is 3. The van der Waals surface area contributed by atoms with Crippen LogP contribution in [0.1, 0.15) is 59.1 Å². The minimum absolute atomic E-state index is 0. The van der Waals surface area contributed by atoms with Gasteiger partial charge in [0.15, 0.2) is 10.2 Å². The molecule has 2 saturated heterocycles. The molecule has 2 aliphatic heterocycles. The molecule has 3 heterocycles. The van der Waals surface area contributed by atoms with E-state index < -0.39 is 11.7 Å². The maximum atomic E-state index is 11.8. The van der Waals surface area contributed by atoms with Gasteiger partial charge >= 0.3 is 6.09 Å². The summed E-state index contributed by atoms with van der Waals surface area (Å²) >= 11 is 2.71. The number of anilines is 1. The highest BCUT2D eigenvalue weighted by molar-refractivity contribution is 8.14. The van der Waals surface area contributed by atoms with Gasteiger partial charge < -0.3 is 15.4 Å². The van der Waals surface area contributed by atoms with Crippen LogP contribution in [0, 0.1) is 0 Å². The van der Waals surface area contributed by atoms with Gasteiger partial charge in [-0.3, -0.25) is 10.1 Å². The smallest absolute Gasteiger partial charge is 0.413 e. The molecule has 1 unspecified atom stereocenters. The van der Waals surface area contributed by atoms with Crippen LogP contribution in [0.4, 0.5) is 9.93 Å². The molecule has 0 aromatic carbocycles. The number of ether oxygens (including phenoxy) is 1. The van der Waals surface area contributed by atoms with Crippen LogP contribution in [0.2, 0.25) is 0 Å². The maximum Gasteiger partial charge on any atom is 0.413 e. The molecule has 1 amide bonds. The molecule has 1 aromatic rings. The number of amides is 1. The van der Waals surface area contributed by atoms with E-state index in [2.05, 4.69) is 20.9 Å². The number of nitrogens with zero attached hydrogens (tertiary/aromatic N) is 1. The summed E-state index contributed by atoms with van der Waals surface area (Å²) in [5, 5.41) is 11.9. The summed E-state index contributed by atoms with van der Waals surface area (Å²) in [7, 11) is 0. The van der Waals surface area contributed by atoms with Crippen LogP contribution in [0.5, 0.6) is 0 Å². The monoisotopic (exact) mass is 526 g/mol. The third kappa shape index (κ3) is 13.0. The van der Waals surface area contributed by atoms with Crippen molar-refractivity contribution in [2.45, 2.75) is 64.2 Å². The van der Waals surface area contributed by atoms with E-state index >= 15 is 0 Å². The van der Waals surface area contributed by atoms with Crippen molar-refractivity contribution >= 4 is 70.3 Å². The Balaban J connectivity index is 0.00000104. The molecular weight excluding hydrogens is 491 g/mol. The van der Waals surface area contributed by atoms with E-state index in [0.717, 1.165) is 30.8 Å². The van der Waals surface area contributed by atoms with Gasteiger partial charge in [0.1, 0.15) is 5.60 Å². The second-order valence-corrected chi connectivity index (χ2v) is 10.5. The molecule has 1 atom stereocenters. The van der Waals surface area contributed by atoms with Crippen LogP contribution in [0.25, 0.3) is 6.08 Å². The van der Waals surface area contributed by atoms with Gasteiger partial charge in [-0.25, -0.2) is 9.78 Å². The summed E-state index contributed by atoms with van der Waals surface area (Å²) in [6, 6.07) is 0. The van der Waals surface area contributed by atoms with Crippen molar-refractivity contribution < 1.29 is 14.3 Å². The third-order valence-electron chi connectivity index (χ3n) is 4.30. The van der Waals surface area contributed by atoms with Crippen LogP contribution in [-0.2, 0) is 9.53 Å². The van der Waals surface area contributed by atoms with Crippen LogP contribution < -0.4 is 16.0 Å². The number of hydrogen-bond donors (Lipinski definition) is 3. The minimum Gasteiger partial charge on any atom is -0.444 e. The number of rotatable bonds is 3. The van der Waals surface area contributed by atoms with Gasteiger partial charge in [-0.1, -0.05) is 18.2 Å². The van der Waals surface area contributed by atoms with E-state index in [1.807, 2.05) is 32.2 Å². The fourth-order valence-corrected chi connectivity index (χ4v) is 4.63. The van der Waals surface area contributed by atoms with Crippen molar-refractivity contribution in [2.24, 2.45) is 0 Å². The van der Waals surface area contributed by atoms with Gasteiger partial charge in [-0.05, 0) is 71.3 Å². The van der Waals surface area contributed by atoms with E-state index in [1.54, 1.807) is 6.92 Å². The van der Waals surface area contributed by atoms with Crippen molar-refractivity contribution in [3.8, 4) is 0 Å². The zero-order chi connectivity index (χ0) is 22.0. The molecule has 0 bridgehead atoms. The molecule has 0 saturated carbocycles. The molecule has 32 heavy (non-hydrogen) atoms. The SMILES string of the molecule is C1CCNCC1.CC(=O)SC1CCNC/C1=C\c1csc(NC(=O)OC(C)(C)C)n1.Cl.Cl. The van der Waals surface area contributed by atoms with Crippen LogP contribution >= 0.6 is 47.9 Å². The number of piperidine rings is 2. The van der Waals surface area contributed by atoms with Crippen molar-refractivity contribution in [3.05, 3.63) is 16.6 Å². The minimum atomic E-state index is -0.545. The second-order valence-electron chi connectivity index (χ2n) is 8.30. The first-order chi connectivity index (χ1) is 14.2. The first-order valence-corrected chi connectivity index (χ1v) is 12.2. The van der Waals surface area contributed by atoms with Gasteiger partial charge in [0.2, 0.25) is 0 Å². The van der Waals surface area contributed by atoms with Gasteiger partial charge in [0, 0.05) is 24.1 Å². The fraction of sp³-hybridized carbons (Fsp3) is 0.667. The molecule has 0 spiro atoms. The van der Waals surface area contributed by atoms with Crippen molar-refractivity contribution in [3.63, 3.8) is 0 Å². The topological polar surface area (TPSA) is 92.4 Å². The van der Waals surface area contributed by atoms with E-state index in [0.29, 0.717) is 5.13 Å². The lowest BCUT2D eigenvalue weighted by molar-refractivity contribution is -0.109. The highest BCUT2D eigenvalue weighted by Crippen LogP contribution is 2.28. The van der Waals surface area contributed by atoms with Crippen molar-refractivity contribution in [1.29, 1.82) is 0 Å². The molecule has 184 valence electrons. The quantitative estimate of drug-likeness (QED) is 0.503. The van der Waals surface area contributed by atoms with Gasteiger partial charge in [-0.15, -0.1) is 36.2 Å². The Hall–Kier alpha value is -0.840. The average molecular weight is 528 g/mol. The highest BCUT2D eigenvalue weighted by atomic mass is 35.5. The molecular formula is C21H36Cl2N4O3S2. The van der Waals surface area contributed by atoms with Crippen LogP contribution in [0.15, 0.2) is 11.0 Å². The lowest BCUT2D eigenvalue weighted by Gasteiger charge is -2.24. The largest absolute Gasteiger partial charge is 0.444 e. The number of hydrogen-bond acceptors (Lipinski definition) is 8. The first kappa shape index (κ1) is 31.2. The molecule has 7 nitrogen and oxygen atoms in total. The molecule has 0 radical (unpaired) electrons. The molecule has 11 heteroatoms. The number of halogens is 2. The molecule has 1 aromatic heterocycles. The Morgan fingerprint density at radius 3 is 2.41 bits per heavy atom. The van der Waals surface area contributed by atoms with E-state index in [1.165, 1.54) is 55.5 Å². The van der Waals surface area contributed by atoms with E-state index in [-0.39, 0.29) is 35.2 Å². The summed E-state index contributed by atoms with van der Waals surface area (Å²) in [4.78, 5) is 27.6. The fourth-order valence-electron chi connectivity index (χ4n) is 3.04. The first-order valence-electron chi connectivity index (χ1n) is 10.5. The summed E-state index contributed by atoms with van der Waals surface area (Å²) in [5.41, 5.74) is 1.38. The molecule has 3 N–H and O–H groups in total. The average Bonchev–Trinajstić information content (AvgIpc) is 3.10. The summed E-state index contributed by atoms with van der Waals surface area (Å²) in [5.74, 6) is 0. The molecule has 2 fully saturated rings. The Morgan fingerprint density at radius 1 is 1.19 bits per heavy atom. The Kier molecular flexibility index (Phi) is 15.5. The van der Waals surface area contributed by atoms with Gasteiger partial charge in [0.25, 0.3) is 0 Å². The lowest BCUT2D eigenvalue weighted by Crippen LogP contribution is -2.32. The normalized spacial score (nSPS) is 19.5. The summed E-state index contributed by atoms with van der Waals surface area (Å²) in [6.45, 7) is 11.2. The van der Waals surface area contributed by atoms with Crippen molar-refractivity contribution in [2.75, 3.05) is 31.5 Å². The summed E-state index contributed by atoms with van der Waals surface area (Å²) in [6.07, 6.45) is 6.61. The number of thioether (sulfide) groups is 1. The van der Waals surface area contributed by atoms with E-state index in [4.69, 9.17) is 4.74 Å². The van der Waals surface area contributed by atoms with Gasteiger partial charge in [0.05, 0.1) is 5.69 Å². The zero-order valence-corrected chi connectivity index (χ0v) is 22.5. The predicted octanol–water partition coefficient (Wildman–Crippen LogP) is 5.12. The Labute approximate surface area is 212 Å². The molecule has 2 aliphatic rings. The third-order valence-corrected chi connectivity index (χ3v) is 6.24. The standard InChI is InChI=1S/C16H23N3O3S2.C5H11N.2ClH/c1-10(20)24-13-5-6-17-8-11(13)7-12-9-23-14(18-12)19-15(21)22-16(2,3)4;1-2-4-6-5-3-1;;/h7,9,13,17H,5-6,8H2,1-4H3,(H,18,19,21);6H,1-5H2;2*1H/b11-7+;;;. The van der Waals surface area contributed by atoms with Gasteiger partial charge in [-0.2, -0.15) is 0 Å². The Bertz CT molecular complexity index is 723. The number of carbonyl (C=O) groups excluding carboxylic acids is 2. The number of thiazole rings is 1. The second kappa shape index (κ2) is 15.9. The molecule has 3 rings (SSSR count).